The highest BCUT2D eigenvalue weighted by atomic mass is 35.5. The zero-order valence-corrected chi connectivity index (χ0v) is 13.6. The van der Waals surface area contributed by atoms with Crippen molar-refractivity contribution in [3.63, 3.8) is 0 Å². The molecule has 0 aliphatic carbocycles. The van der Waals surface area contributed by atoms with Crippen LogP contribution < -0.4 is 15.4 Å². The van der Waals surface area contributed by atoms with Gasteiger partial charge >= 0.3 is 12.1 Å². The summed E-state index contributed by atoms with van der Waals surface area (Å²) < 4.78 is 43.3. The van der Waals surface area contributed by atoms with E-state index in [9.17, 15) is 18.0 Å². The monoisotopic (exact) mass is 370 g/mol. The number of nitrogens with one attached hydrogen (secondary N) is 2. The maximum atomic E-state index is 12.4. The van der Waals surface area contributed by atoms with Crippen molar-refractivity contribution in [2.75, 3.05) is 11.9 Å². The second kappa shape index (κ2) is 6.84. The van der Waals surface area contributed by atoms with E-state index in [-0.39, 0.29) is 6.54 Å². The Labute approximate surface area is 146 Å². The van der Waals surface area contributed by atoms with E-state index in [1.165, 1.54) is 0 Å². The van der Waals surface area contributed by atoms with Gasteiger partial charge in [0.15, 0.2) is 0 Å². The number of hydrogen-bond donors (Lipinski definition) is 2. The molecule has 1 heterocycles. The summed E-state index contributed by atoms with van der Waals surface area (Å²) in [4.78, 5) is 11.1. The lowest BCUT2D eigenvalue weighted by molar-refractivity contribution is -0.173. The second-order valence-electron chi connectivity index (χ2n) is 5.55. The van der Waals surface area contributed by atoms with Gasteiger partial charge in [0.1, 0.15) is 11.9 Å². The third kappa shape index (κ3) is 3.99. The van der Waals surface area contributed by atoms with Crippen LogP contribution in [-0.2, 0) is 4.79 Å². The molecule has 1 amide bonds. The number of alkyl halides is 3. The van der Waals surface area contributed by atoms with E-state index in [2.05, 4.69) is 5.32 Å². The minimum absolute atomic E-state index is 0.260. The SMILES string of the molecule is O=C(NCC1Nc2cc(Cl)ccc2OC1c1ccccc1)C(F)(F)F. The van der Waals surface area contributed by atoms with Gasteiger partial charge in [-0.2, -0.15) is 13.2 Å². The molecular weight excluding hydrogens is 357 g/mol. The molecule has 1 aliphatic heterocycles. The number of amides is 1. The van der Waals surface area contributed by atoms with Crippen LogP contribution in [0, 0.1) is 0 Å². The molecule has 0 saturated heterocycles. The summed E-state index contributed by atoms with van der Waals surface area (Å²) in [6, 6.07) is 13.4. The number of halogens is 4. The van der Waals surface area contributed by atoms with E-state index >= 15 is 0 Å². The zero-order chi connectivity index (χ0) is 18.0. The summed E-state index contributed by atoms with van der Waals surface area (Å²) in [5, 5.41) is 5.46. The summed E-state index contributed by atoms with van der Waals surface area (Å²) in [6.45, 7) is -0.260. The second-order valence-corrected chi connectivity index (χ2v) is 5.98. The van der Waals surface area contributed by atoms with Gasteiger partial charge in [0, 0.05) is 11.6 Å². The first-order chi connectivity index (χ1) is 11.8. The molecule has 4 nitrogen and oxygen atoms in total. The number of carbonyl (C=O) groups excluding carboxylic acids is 1. The Morgan fingerprint density at radius 3 is 2.60 bits per heavy atom. The Kier molecular flexibility index (Phi) is 4.76. The standard InChI is InChI=1S/C17H14ClF3N2O2/c18-11-6-7-14-12(8-11)23-13(9-22-16(24)17(19,20)21)15(25-14)10-4-2-1-3-5-10/h1-8,13,15,23H,9H2,(H,22,24). The summed E-state index contributed by atoms with van der Waals surface area (Å²) in [6.07, 6.45) is -5.50. The molecule has 0 saturated carbocycles. The summed E-state index contributed by atoms with van der Waals surface area (Å²) >= 11 is 5.95. The molecule has 25 heavy (non-hydrogen) atoms. The topological polar surface area (TPSA) is 50.4 Å². The van der Waals surface area contributed by atoms with Crippen molar-refractivity contribution in [1.82, 2.24) is 5.32 Å². The first kappa shape index (κ1) is 17.4. The Bertz CT molecular complexity index is 768. The van der Waals surface area contributed by atoms with Crippen molar-refractivity contribution in [3.05, 3.63) is 59.1 Å². The smallest absolute Gasteiger partial charge is 0.471 e. The molecule has 0 fully saturated rings. The van der Waals surface area contributed by atoms with Gasteiger partial charge in [-0.15, -0.1) is 0 Å². The number of rotatable bonds is 3. The Balaban J connectivity index is 1.85. The molecule has 2 unspecified atom stereocenters. The van der Waals surface area contributed by atoms with Gasteiger partial charge in [-0.25, -0.2) is 0 Å². The molecule has 0 bridgehead atoms. The quantitative estimate of drug-likeness (QED) is 0.860. The minimum atomic E-state index is -4.93. The molecular formula is C17H14ClF3N2O2. The maximum Gasteiger partial charge on any atom is 0.471 e. The number of carbonyl (C=O) groups is 1. The van der Waals surface area contributed by atoms with Crippen molar-refractivity contribution in [3.8, 4) is 5.75 Å². The lowest BCUT2D eigenvalue weighted by atomic mass is 9.99. The van der Waals surface area contributed by atoms with E-state index in [0.717, 1.165) is 5.56 Å². The van der Waals surface area contributed by atoms with Crippen LogP contribution in [0.3, 0.4) is 0 Å². The molecule has 1 aliphatic rings. The predicted octanol–water partition coefficient (Wildman–Crippen LogP) is 3.93. The summed E-state index contributed by atoms with van der Waals surface area (Å²) in [5.41, 5.74) is 1.34. The predicted molar refractivity (Wildman–Crippen MR) is 87.7 cm³/mol. The molecule has 0 aromatic heterocycles. The Morgan fingerprint density at radius 2 is 1.92 bits per heavy atom. The highest BCUT2D eigenvalue weighted by Gasteiger charge is 2.40. The van der Waals surface area contributed by atoms with Crippen molar-refractivity contribution >= 4 is 23.2 Å². The van der Waals surface area contributed by atoms with Gasteiger partial charge in [-0.3, -0.25) is 4.79 Å². The van der Waals surface area contributed by atoms with Crippen LogP contribution >= 0.6 is 11.6 Å². The molecule has 8 heteroatoms. The lowest BCUT2D eigenvalue weighted by Crippen LogP contribution is -2.47. The fourth-order valence-corrected chi connectivity index (χ4v) is 2.79. The minimum Gasteiger partial charge on any atom is -0.481 e. The molecule has 2 aromatic carbocycles. The van der Waals surface area contributed by atoms with E-state index in [1.807, 2.05) is 23.5 Å². The molecule has 0 spiro atoms. The molecule has 2 atom stereocenters. The Morgan fingerprint density at radius 1 is 1.20 bits per heavy atom. The molecule has 2 aromatic rings. The number of ether oxygens (including phenoxy) is 1. The third-order valence-electron chi connectivity index (χ3n) is 3.77. The van der Waals surface area contributed by atoms with E-state index < -0.39 is 24.2 Å². The number of anilines is 1. The van der Waals surface area contributed by atoms with Gasteiger partial charge in [0.2, 0.25) is 0 Å². The zero-order valence-electron chi connectivity index (χ0n) is 12.8. The first-order valence-electron chi connectivity index (χ1n) is 7.47. The fourth-order valence-electron chi connectivity index (χ4n) is 2.62. The highest BCUT2D eigenvalue weighted by molar-refractivity contribution is 6.30. The summed E-state index contributed by atoms with van der Waals surface area (Å²) in [5.74, 6) is -1.45. The molecule has 3 rings (SSSR count). The molecule has 2 N–H and O–H groups in total. The van der Waals surface area contributed by atoms with Crippen molar-refractivity contribution in [2.24, 2.45) is 0 Å². The lowest BCUT2D eigenvalue weighted by Gasteiger charge is -2.35. The van der Waals surface area contributed by atoms with Crippen LogP contribution in [0.25, 0.3) is 0 Å². The largest absolute Gasteiger partial charge is 0.481 e. The number of fused-ring (bicyclic) bond motifs is 1. The Hall–Kier alpha value is -2.41. The third-order valence-corrected chi connectivity index (χ3v) is 4.01. The van der Waals surface area contributed by atoms with Crippen LogP contribution in [-0.4, -0.2) is 24.7 Å². The fraction of sp³-hybridized carbons (Fsp3) is 0.235. The van der Waals surface area contributed by atoms with E-state index in [1.54, 1.807) is 30.3 Å². The highest BCUT2D eigenvalue weighted by Crippen LogP contribution is 2.38. The van der Waals surface area contributed by atoms with Gasteiger partial charge in [-0.05, 0) is 23.8 Å². The average Bonchev–Trinajstić information content (AvgIpc) is 2.58. The average molecular weight is 371 g/mol. The van der Waals surface area contributed by atoms with Crippen LogP contribution in [0.4, 0.5) is 18.9 Å². The van der Waals surface area contributed by atoms with E-state index in [4.69, 9.17) is 16.3 Å². The summed E-state index contributed by atoms with van der Waals surface area (Å²) in [7, 11) is 0. The van der Waals surface area contributed by atoms with Crippen molar-refractivity contribution in [2.45, 2.75) is 18.3 Å². The maximum absolute atomic E-state index is 12.4. The normalized spacial score (nSPS) is 19.4. The number of hydrogen-bond acceptors (Lipinski definition) is 3. The van der Waals surface area contributed by atoms with Crippen LogP contribution in [0.2, 0.25) is 5.02 Å². The van der Waals surface area contributed by atoms with Gasteiger partial charge in [0.25, 0.3) is 0 Å². The van der Waals surface area contributed by atoms with Crippen LogP contribution in [0.15, 0.2) is 48.5 Å². The van der Waals surface area contributed by atoms with Crippen molar-refractivity contribution < 1.29 is 22.7 Å². The van der Waals surface area contributed by atoms with Gasteiger partial charge in [-0.1, -0.05) is 41.9 Å². The molecule has 0 radical (unpaired) electrons. The van der Waals surface area contributed by atoms with Crippen molar-refractivity contribution in [1.29, 1.82) is 0 Å². The molecule has 132 valence electrons. The van der Waals surface area contributed by atoms with Crippen LogP contribution in [0.1, 0.15) is 11.7 Å². The first-order valence-corrected chi connectivity index (χ1v) is 7.85. The van der Waals surface area contributed by atoms with Crippen LogP contribution in [0.5, 0.6) is 5.75 Å². The number of benzene rings is 2. The van der Waals surface area contributed by atoms with E-state index in [0.29, 0.717) is 16.5 Å². The van der Waals surface area contributed by atoms with Gasteiger partial charge < -0.3 is 15.4 Å². The van der Waals surface area contributed by atoms with Gasteiger partial charge in [0.05, 0.1) is 11.7 Å².